The van der Waals surface area contributed by atoms with Crippen LogP contribution in [0, 0.1) is 0 Å². The zero-order valence-corrected chi connectivity index (χ0v) is 16.1. The van der Waals surface area contributed by atoms with Crippen molar-refractivity contribution in [1.82, 2.24) is 9.80 Å². The lowest BCUT2D eigenvalue weighted by Gasteiger charge is -2.34. The average Bonchev–Trinajstić information content (AvgIpc) is 2.75. The summed E-state index contributed by atoms with van der Waals surface area (Å²) in [6, 6.07) is 16.1. The Balaban J connectivity index is 1.21. The lowest BCUT2D eigenvalue weighted by Crippen LogP contribution is -2.50. The van der Waals surface area contributed by atoms with Crippen LogP contribution in [0.3, 0.4) is 0 Å². The first-order valence-electron chi connectivity index (χ1n) is 10.00. The van der Waals surface area contributed by atoms with E-state index in [-0.39, 0.29) is 6.03 Å². The molecule has 2 aromatic rings. The Labute approximate surface area is 166 Å². The van der Waals surface area contributed by atoms with Gasteiger partial charge in [-0.25, -0.2) is 4.79 Å². The third-order valence-electron chi connectivity index (χ3n) is 5.24. The number of hydrogen-bond donors (Lipinski definition) is 1. The van der Waals surface area contributed by atoms with E-state index in [4.69, 9.17) is 9.47 Å². The van der Waals surface area contributed by atoms with Crippen LogP contribution >= 0.6 is 0 Å². The van der Waals surface area contributed by atoms with Crippen LogP contribution in [0.25, 0.3) is 0 Å². The number of benzene rings is 2. The molecule has 0 unspecified atom stereocenters. The fourth-order valence-corrected chi connectivity index (χ4v) is 3.65. The van der Waals surface area contributed by atoms with Crippen molar-refractivity contribution in [3.8, 4) is 11.5 Å². The molecule has 0 aliphatic carbocycles. The zero-order chi connectivity index (χ0) is 19.2. The van der Waals surface area contributed by atoms with Gasteiger partial charge in [-0.3, -0.25) is 4.90 Å². The molecule has 1 N–H and O–H groups in total. The van der Waals surface area contributed by atoms with Gasteiger partial charge in [0.1, 0.15) is 13.2 Å². The summed E-state index contributed by atoms with van der Waals surface area (Å²) in [4.78, 5) is 16.9. The Morgan fingerprint density at radius 3 is 2.46 bits per heavy atom. The first-order chi connectivity index (χ1) is 13.8. The number of amides is 2. The molecule has 0 radical (unpaired) electrons. The number of carbonyl (C=O) groups excluding carboxylic acids is 1. The van der Waals surface area contributed by atoms with Crippen molar-refractivity contribution in [1.29, 1.82) is 0 Å². The van der Waals surface area contributed by atoms with Gasteiger partial charge in [0.2, 0.25) is 0 Å². The second-order valence-corrected chi connectivity index (χ2v) is 7.21. The predicted molar refractivity (Wildman–Crippen MR) is 109 cm³/mol. The lowest BCUT2D eigenvalue weighted by molar-refractivity contribution is 0.146. The van der Waals surface area contributed by atoms with Crippen molar-refractivity contribution in [3.05, 3.63) is 54.1 Å². The number of piperazine rings is 1. The molecule has 148 valence electrons. The number of anilines is 1. The van der Waals surface area contributed by atoms with Crippen LogP contribution in [0.2, 0.25) is 0 Å². The molecule has 2 heterocycles. The molecule has 6 heteroatoms. The van der Waals surface area contributed by atoms with E-state index in [1.165, 1.54) is 5.56 Å². The van der Waals surface area contributed by atoms with Gasteiger partial charge in [-0.1, -0.05) is 30.3 Å². The van der Waals surface area contributed by atoms with E-state index in [0.29, 0.717) is 19.0 Å². The van der Waals surface area contributed by atoms with Crippen molar-refractivity contribution in [2.45, 2.75) is 12.8 Å². The first-order valence-corrected chi connectivity index (χ1v) is 10.00. The highest BCUT2D eigenvalue weighted by Crippen LogP contribution is 2.32. The van der Waals surface area contributed by atoms with Gasteiger partial charge in [-0.2, -0.15) is 0 Å². The van der Waals surface area contributed by atoms with Gasteiger partial charge in [-0.15, -0.1) is 0 Å². The van der Waals surface area contributed by atoms with Crippen molar-refractivity contribution < 1.29 is 14.3 Å². The molecular weight excluding hydrogens is 354 g/mol. The van der Waals surface area contributed by atoms with Crippen LogP contribution in [0.15, 0.2) is 48.5 Å². The lowest BCUT2D eigenvalue weighted by atomic mass is 10.1. The minimum atomic E-state index is -0.0550. The Hall–Kier alpha value is -2.73. The number of nitrogens with zero attached hydrogens (tertiary/aromatic N) is 2. The maximum absolute atomic E-state index is 12.6. The van der Waals surface area contributed by atoms with Gasteiger partial charge in [-0.05, 0) is 37.1 Å². The van der Waals surface area contributed by atoms with E-state index in [1.54, 1.807) is 0 Å². The van der Waals surface area contributed by atoms with Crippen LogP contribution in [0.4, 0.5) is 10.5 Å². The molecule has 0 aromatic heterocycles. The maximum Gasteiger partial charge on any atom is 0.321 e. The topological polar surface area (TPSA) is 54.0 Å². The van der Waals surface area contributed by atoms with E-state index >= 15 is 0 Å². The smallest absolute Gasteiger partial charge is 0.321 e. The number of hydrogen-bond acceptors (Lipinski definition) is 4. The third kappa shape index (κ3) is 4.75. The fourth-order valence-electron chi connectivity index (χ4n) is 3.65. The van der Waals surface area contributed by atoms with Crippen molar-refractivity contribution in [3.63, 3.8) is 0 Å². The summed E-state index contributed by atoms with van der Waals surface area (Å²) in [5, 5.41) is 2.97. The van der Waals surface area contributed by atoms with E-state index < -0.39 is 0 Å². The van der Waals surface area contributed by atoms with Gasteiger partial charge in [0, 0.05) is 37.9 Å². The van der Waals surface area contributed by atoms with E-state index in [1.807, 2.05) is 23.1 Å². The second-order valence-electron chi connectivity index (χ2n) is 7.21. The number of urea groups is 1. The van der Waals surface area contributed by atoms with E-state index in [0.717, 1.165) is 57.0 Å². The molecule has 2 aliphatic rings. The molecule has 2 amide bonds. The highest BCUT2D eigenvalue weighted by atomic mass is 16.6. The first kappa shape index (κ1) is 18.6. The van der Waals surface area contributed by atoms with Crippen LogP contribution in [0.5, 0.6) is 11.5 Å². The molecule has 28 heavy (non-hydrogen) atoms. The van der Waals surface area contributed by atoms with Crippen molar-refractivity contribution in [2.75, 3.05) is 51.3 Å². The van der Waals surface area contributed by atoms with Gasteiger partial charge in [0.15, 0.2) is 11.5 Å². The molecule has 0 saturated carbocycles. The summed E-state index contributed by atoms with van der Waals surface area (Å²) >= 11 is 0. The highest BCUT2D eigenvalue weighted by molar-refractivity contribution is 5.89. The molecule has 0 atom stereocenters. The summed E-state index contributed by atoms with van der Waals surface area (Å²) in [6.45, 7) is 5.52. The minimum absolute atomic E-state index is 0.0550. The molecular formula is C22H27N3O3. The maximum atomic E-state index is 12.6. The summed E-state index contributed by atoms with van der Waals surface area (Å²) in [6.07, 6.45) is 2.25. The quantitative estimate of drug-likeness (QED) is 0.864. The number of aryl methyl sites for hydroxylation is 1. The van der Waals surface area contributed by atoms with Gasteiger partial charge in [0.05, 0.1) is 0 Å². The molecule has 6 nitrogen and oxygen atoms in total. The monoisotopic (exact) mass is 381 g/mol. The summed E-state index contributed by atoms with van der Waals surface area (Å²) < 4.78 is 11.1. The highest BCUT2D eigenvalue weighted by Gasteiger charge is 2.21. The molecule has 2 aromatic carbocycles. The molecule has 1 saturated heterocycles. The number of rotatable bonds is 5. The molecule has 2 aliphatic heterocycles. The van der Waals surface area contributed by atoms with Gasteiger partial charge < -0.3 is 19.7 Å². The summed E-state index contributed by atoms with van der Waals surface area (Å²) in [5.41, 5.74) is 2.12. The fraction of sp³-hybridized carbons (Fsp3) is 0.409. The van der Waals surface area contributed by atoms with Gasteiger partial charge >= 0.3 is 6.03 Å². The second kappa shape index (κ2) is 8.97. The van der Waals surface area contributed by atoms with Crippen LogP contribution < -0.4 is 14.8 Å². The summed E-state index contributed by atoms with van der Waals surface area (Å²) in [7, 11) is 0. The summed E-state index contributed by atoms with van der Waals surface area (Å²) in [5.74, 6) is 1.42. The number of fused-ring (bicyclic) bond motifs is 1. The van der Waals surface area contributed by atoms with Crippen LogP contribution in [-0.4, -0.2) is 61.8 Å². The standard InChI is InChI=1S/C22H27N3O3/c26-22(23-19-8-9-20-21(17-19)28-16-15-27-20)25-13-11-24(12-14-25)10-4-7-18-5-2-1-3-6-18/h1-3,5-6,8-9,17H,4,7,10-16H2,(H,23,26). The Kier molecular flexibility index (Phi) is 5.97. The Morgan fingerprint density at radius 2 is 1.68 bits per heavy atom. The van der Waals surface area contributed by atoms with Crippen LogP contribution in [0.1, 0.15) is 12.0 Å². The molecule has 0 spiro atoms. The minimum Gasteiger partial charge on any atom is -0.486 e. The largest absolute Gasteiger partial charge is 0.486 e. The number of ether oxygens (including phenoxy) is 2. The van der Waals surface area contributed by atoms with Crippen molar-refractivity contribution in [2.24, 2.45) is 0 Å². The van der Waals surface area contributed by atoms with Crippen molar-refractivity contribution >= 4 is 11.7 Å². The Morgan fingerprint density at radius 1 is 0.929 bits per heavy atom. The predicted octanol–water partition coefficient (Wildman–Crippen LogP) is 3.24. The zero-order valence-electron chi connectivity index (χ0n) is 16.1. The Bertz CT molecular complexity index is 789. The molecule has 4 rings (SSSR count). The van der Waals surface area contributed by atoms with E-state index in [2.05, 4.69) is 40.5 Å². The normalized spacial score (nSPS) is 16.6. The number of carbonyl (C=O) groups is 1. The third-order valence-corrected chi connectivity index (χ3v) is 5.24. The SMILES string of the molecule is O=C(Nc1ccc2c(c1)OCCO2)N1CCN(CCCc2ccccc2)CC1. The van der Waals surface area contributed by atoms with Crippen LogP contribution in [-0.2, 0) is 6.42 Å². The molecule has 1 fully saturated rings. The number of nitrogens with one attached hydrogen (secondary N) is 1. The average molecular weight is 381 g/mol. The van der Waals surface area contributed by atoms with Gasteiger partial charge in [0.25, 0.3) is 0 Å². The van der Waals surface area contributed by atoms with E-state index in [9.17, 15) is 4.79 Å². The molecule has 0 bridgehead atoms.